The highest BCUT2D eigenvalue weighted by molar-refractivity contribution is 14.1. The lowest BCUT2D eigenvalue weighted by molar-refractivity contribution is 0.168. The van der Waals surface area contributed by atoms with Crippen molar-refractivity contribution in [3.05, 3.63) is 21.9 Å². The molecule has 0 aliphatic heterocycles. The van der Waals surface area contributed by atoms with Gasteiger partial charge in [-0.05, 0) is 41.6 Å². The molecule has 0 atom stereocenters. The Morgan fingerprint density at radius 2 is 2.54 bits per heavy atom. The molecule has 0 fully saturated rings. The van der Waals surface area contributed by atoms with Gasteiger partial charge in [0.05, 0.1) is 6.61 Å². The van der Waals surface area contributed by atoms with Gasteiger partial charge >= 0.3 is 6.09 Å². The third kappa shape index (κ3) is 3.58. The first kappa shape index (κ1) is 10.2. The number of nitrogens with one attached hydrogen (secondary N) is 1. The van der Waals surface area contributed by atoms with Crippen molar-refractivity contribution in [2.24, 2.45) is 0 Å². The molecule has 0 aromatic carbocycles. The molecule has 13 heavy (non-hydrogen) atoms. The van der Waals surface area contributed by atoms with Gasteiger partial charge in [-0.25, -0.2) is 9.78 Å². The topological polar surface area (TPSA) is 51.2 Å². The third-order valence-electron chi connectivity index (χ3n) is 1.23. The Kier molecular flexibility index (Phi) is 3.94. The van der Waals surface area contributed by atoms with E-state index >= 15 is 0 Å². The molecule has 5 heteroatoms. The maximum absolute atomic E-state index is 10.9. The number of ether oxygens (including phenoxy) is 1. The summed E-state index contributed by atoms with van der Waals surface area (Å²) >= 11 is 2.14. The van der Waals surface area contributed by atoms with Crippen molar-refractivity contribution in [3.8, 4) is 0 Å². The van der Waals surface area contributed by atoms with Gasteiger partial charge < -0.3 is 4.74 Å². The first-order valence-electron chi connectivity index (χ1n) is 3.77. The normalized spacial score (nSPS) is 9.38. The summed E-state index contributed by atoms with van der Waals surface area (Å²) < 4.78 is 5.71. The van der Waals surface area contributed by atoms with E-state index in [2.05, 4.69) is 32.9 Å². The largest absolute Gasteiger partial charge is 0.450 e. The molecule has 0 aliphatic carbocycles. The molecular formula is C8H9IN2O2. The summed E-state index contributed by atoms with van der Waals surface area (Å²) in [5.41, 5.74) is 0. The standard InChI is InChI=1S/C8H9IN2O2/c1-2-13-8(12)11-7-5-6(9)3-4-10-7/h3-5H,2H2,1H3,(H,10,11,12). The van der Waals surface area contributed by atoms with Crippen LogP contribution in [0.25, 0.3) is 0 Å². The van der Waals surface area contributed by atoms with E-state index in [1.54, 1.807) is 19.2 Å². The maximum Gasteiger partial charge on any atom is 0.412 e. The van der Waals surface area contributed by atoms with Gasteiger partial charge in [0.1, 0.15) is 5.82 Å². The summed E-state index contributed by atoms with van der Waals surface area (Å²) in [7, 11) is 0. The minimum atomic E-state index is -0.475. The van der Waals surface area contributed by atoms with Crippen molar-refractivity contribution >= 4 is 34.5 Å². The van der Waals surface area contributed by atoms with E-state index in [0.29, 0.717) is 12.4 Å². The number of nitrogens with zero attached hydrogens (tertiary/aromatic N) is 1. The maximum atomic E-state index is 10.9. The summed E-state index contributed by atoms with van der Waals surface area (Å²) in [5, 5.41) is 2.51. The average molecular weight is 292 g/mol. The fourth-order valence-corrected chi connectivity index (χ4v) is 1.20. The van der Waals surface area contributed by atoms with Crippen molar-refractivity contribution in [1.29, 1.82) is 0 Å². The Hall–Kier alpha value is -0.850. The summed E-state index contributed by atoms with van der Waals surface area (Å²) in [6, 6.07) is 3.61. The Balaban J connectivity index is 2.58. The van der Waals surface area contributed by atoms with Crippen LogP contribution in [0.5, 0.6) is 0 Å². The van der Waals surface area contributed by atoms with Gasteiger partial charge in [-0.1, -0.05) is 0 Å². The van der Waals surface area contributed by atoms with Crippen molar-refractivity contribution in [3.63, 3.8) is 0 Å². The Bertz CT molecular complexity index is 304. The fourth-order valence-electron chi connectivity index (χ4n) is 0.745. The molecule has 1 heterocycles. The Morgan fingerprint density at radius 3 is 3.15 bits per heavy atom. The second kappa shape index (κ2) is 5.00. The van der Waals surface area contributed by atoms with Crippen molar-refractivity contribution in [1.82, 2.24) is 4.98 Å². The summed E-state index contributed by atoms with van der Waals surface area (Å²) in [6.07, 6.45) is 1.15. The van der Waals surface area contributed by atoms with Crippen LogP contribution in [0.2, 0.25) is 0 Å². The zero-order chi connectivity index (χ0) is 9.68. The molecule has 0 unspecified atom stereocenters. The molecule has 1 amide bonds. The number of halogens is 1. The van der Waals surface area contributed by atoms with Gasteiger partial charge in [0, 0.05) is 9.77 Å². The molecule has 1 aromatic rings. The van der Waals surface area contributed by atoms with Crippen LogP contribution >= 0.6 is 22.6 Å². The third-order valence-corrected chi connectivity index (χ3v) is 1.90. The molecule has 0 spiro atoms. The molecule has 4 nitrogen and oxygen atoms in total. The zero-order valence-corrected chi connectivity index (χ0v) is 9.24. The van der Waals surface area contributed by atoms with Crippen LogP contribution < -0.4 is 5.32 Å². The number of anilines is 1. The predicted octanol–water partition coefficient (Wildman–Crippen LogP) is 2.25. The van der Waals surface area contributed by atoms with Crippen LogP contribution in [-0.4, -0.2) is 17.7 Å². The van der Waals surface area contributed by atoms with Gasteiger partial charge in [0.15, 0.2) is 0 Å². The van der Waals surface area contributed by atoms with E-state index in [1.807, 2.05) is 6.07 Å². The molecule has 1 rings (SSSR count). The van der Waals surface area contributed by atoms with Crippen LogP contribution in [0.3, 0.4) is 0 Å². The van der Waals surface area contributed by atoms with Gasteiger partial charge in [-0.3, -0.25) is 5.32 Å². The summed E-state index contributed by atoms with van der Waals surface area (Å²) in [5.74, 6) is 0.505. The minimum absolute atomic E-state index is 0.357. The lowest BCUT2D eigenvalue weighted by Gasteiger charge is -2.03. The second-order valence-corrected chi connectivity index (χ2v) is 3.45. The molecule has 0 radical (unpaired) electrons. The first-order chi connectivity index (χ1) is 6.22. The SMILES string of the molecule is CCOC(=O)Nc1cc(I)ccn1. The highest BCUT2D eigenvalue weighted by Gasteiger charge is 2.01. The van der Waals surface area contributed by atoms with E-state index in [1.165, 1.54) is 0 Å². The van der Waals surface area contributed by atoms with Gasteiger partial charge in [0.25, 0.3) is 0 Å². The molecule has 70 valence electrons. The van der Waals surface area contributed by atoms with Gasteiger partial charge in [-0.15, -0.1) is 0 Å². The van der Waals surface area contributed by atoms with E-state index in [9.17, 15) is 4.79 Å². The summed E-state index contributed by atoms with van der Waals surface area (Å²) in [6.45, 7) is 2.11. The van der Waals surface area contributed by atoms with Crippen molar-refractivity contribution < 1.29 is 9.53 Å². The van der Waals surface area contributed by atoms with E-state index in [4.69, 9.17) is 4.74 Å². The number of aromatic nitrogens is 1. The molecule has 1 aromatic heterocycles. The molecular weight excluding hydrogens is 283 g/mol. The smallest absolute Gasteiger partial charge is 0.412 e. The number of amides is 1. The van der Waals surface area contributed by atoms with Crippen molar-refractivity contribution in [2.75, 3.05) is 11.9 Å². The van der Waals surface area contributed by atoms with Crippen LogP contribution in [0.1, 0.15) is 6.92 Å². The van der Waals surface area contributed by atoms with Crippen LogP contribution in [0.4, 0.5) is 10.6 Å². The lowest BCUT2D eigenvalue weighted by Crippen LogP contribution is -2.14. The molecule has 0 aliphatic rings. The number of carbonyl (C=O) groups is 1. The Morgan fingerprint density at radius 1 is 1.77 bits per heavy atom. The Labute approximate surface area is 89.8 Å². The highest BCUT2D eigenvalue weighted by atomic mass is 127. The minimum Gasteiger partial charge on any atom is -0.450 e. The zero-order valence-electron chi connectivity index (χ0n) is 7.08. The molecule has 0 saturated heterocycles. The first-order valence-corrected chi connectivity index (χ1v) is 4.85. The van der Waals surface area contributed by atoms with Crippen molar-refractivity contribution in [2.45, 2.75) is 6.92 Å². The number of rotatable bonds is 2. The van der Waals surface area contributed by atoms with E-state index in [-0.39, 0.29) is 0 Å². The number of pyridine rings is 1. The molecule has 0 bridgehead atoms. The number of carbonyl (C=O) groups excluding carboxylic acids is 1. The predicted molar refractivity (Wildman–Crippen MR) is 57.6 cm³/mol. The molecule has 1 N–H and O–H groups in total. The molecule has 0 saturated carbocycles. The summed E-state index contributed by atoms with van der Waals surface area (Å²) in [4.78, 5) is 14.9. The lowest BCUT2D eigenvalue weighted by atomic mass is 10.5. The van der Waals surface area contributed by atoms with E-state index in [0.717, 1.165) is 3.57 Å². The average Bonchev–Trinajstić information content (AvgIpc) is 2.04. The quantitative estimate of drug-likeness (QED) is 0.851. The number of hydrogen-bond donors (Lipinski definition) is 1. The van der Waals surface area contributed by atoms with Gasteiger partial charge in [-0.2, -0.15) is 0 Å². The van der Waals surface area contributed by atoms with Crippen LogP contribution in [-0.2, 0) is 4.74 Å². The van der Waals surface area contributed by atoms with Gasteiger partial charge in [0.2, 0.25) is 0 Å². The van der Waals surface area contributed by atoms with E-state index < -0.39 is 6.09 Å². The monoisotopic (exact) mass is 292 g/mol. The number of hydrogen-bond acceptors (Lipinski definition) is 3. The van der Waals surface area contributed by atoms with Crippen LogP contribution in [0.15, 0.2) is 18.3 Å². The van der Waals surface area contributed by atoms with Crippen LogP contribution in [0, 0.1) is 3.57 Å². The second-order valence-electron chi connectivity index (χ2n) is 2.20. The highest BCUT2D eigenvalue weighted by Crippen LogP contribution is 2.08. The fraction of sp³-hybridized carbons (Fsp3) is 0.250.